The molecule has 0 unspecified atom stereocenters. The highest BCUT2D eigenvalue weighted by atomic mass is 19.1. The van der Waals surface area contributed by atoms with Crippen molar-refractivity contribution in [3.05, 3.63) is 35.5 Å². The highest BCUT2D eigenvalue weighted by Crippen LogP contribution is 2.26. The normalized spacial score (nSPS) is 22.9. The predicted octanol–water partition coefficient (Wildman–Crippen LogP) is 1.58. The van der Waals surface area contributed by atoms with Gasteiger partial charge in [-0.3, -0.25) is 0 Å². The van der Waals surface area contributed by atoms with E-state index in [-0.39, 0.29) is 11.9 Å². The number of benzene rings is 1. The third kappa shape index (κ3) is 2.36. The first-order valence-corrected chi connectivity index (χ1v) is 6.15. The zero-order valence-electron chi connectivity index (χ0n) is 10.4. The Morgan fingerprint density at radius 2 is 2.32 bits per heavy atom. The summed E-state index contributed by atoms with van der Waals surface area (Å²) >= 11 is 0. The quantitative estimate of drug-likeness (QED) is 0.860. The summed E-state index contributed by atoms with van der Waals surface area (Å²) in [5.74, 6) is 0.465. The van der Waals surface area contributed by atoms with Crippen LogP contribution in [0.25, 0.3) is 11.4 Å². The first kappa shape index (κ1) is 12.3. The Bertz CT molecular complexity index is 599. The number of nitrogens with one attached hydrogen (secondary N) is 1. The summed E-state index contributed by atoms with van der Waals surface area (Å²) in [6.07, 6.45) is 0.153. The molecule has 0 amide bonds. The molecule has 1 aromatic heterocycles. The Morgan fingerprint density at radius 3 is 3.05 bits per heavy atom. The van der Waals surface area contributed by atoms with E-state index in [9.17, 15) is 9.50 Å². The van der Waals surface area contributed by atoms with Crippen molar-refractivity contribution in [2.45, 2.75) is 25.5 Å². The molecule has 2 aromatic rings. The Hall–Kier alpha value is -1.79. The third-order valence-electron chi connectivity index (χ3n) is 3.29. The molecule has 0 radical (unpaired) electrons. The maximum absolute atomic E-state index is 13.3. The van der Waals surface area contributed by atoms with Gasteiger partial charge in [-0.15, -0.1) is 0 Å². The second-order valence-electron chi connectivity index (χ2n) is 4.77. The molecule has 1 aliphatic rings. The Morgan fingerprint density at radius 1 is 1.47 bits per heavy atom. The smallest absolute Gasteiger partial charge is 0.244 e. The van der Waals surface area contributed by atoms with Crippen molar-refractivity contribution in [2.24, 2.45) is 0 Å². The van der Waals surface area contributed by atoms with Gasteiger partial charge in [0.15, 0.2) is 0 Å². The van der Waals surface area contributed by atoms with E-state index < -0.39 is 6.10 Å². The lowest BCUT2D eigenvalue weighted by Crippen LogP contribution is -2.15. The van der Waals surface area contributed by atoms with Gasteiger partial charge in [-0.05, 0) is 31.0 Å². The van der Waals surface area contributed by atoms with Gasteiger partial charge >= 0.3 is 0 Å². The minimum absolute atomic E-state index is 0.134. The van der Waals surface area contributed by atoms with Gasteiger partial charge in [0.25, 0.3) is 0 Å². The summed E-state index contributed by atoms with van der Waals surface area (Å²) in [6, 6.07) is 4.33. The number of halogens is 1. The van der Waals surface area contributed by atoms with E-state index in [4.69, 9.17) is 4.52 Å². The Kier molecular flexibility index (Phi) is 3.04. The standard InChI is InChI=1S/C13H14FN3O2/c1-7-2-3-8(14)4-10(7)12-16-13(19-17-12)11-5-9(18)6-15-11/h2-4,9,11,15,18H,5-6H2,1H3/t9-,11+/m0/s1. The molecule has 0 saturated carbocycles. The van der Waals surface area contributed by atoms with Gasteiger partial charge in [0.2, 0.25) is 11.7 Å². The molecule has 3 rings (SSSR count). The predicted molar refractivity (Wildman–Crippen MR) is 65.8 cm³/mol. The number of nitrogens with zero attached hydrogens (tertiary/aromatic N) is 2. The van der Waals surface area contributed by atoms with Crippen LogP contribution in [0, 0.1) is 12.7 Å². The van der Waals surface area contributed by atoms with Gasteiger partial charge in [-0.1, -0.05) is 11.2 Å². The molecule has 100 valence electrons. The lowest BCUT2D eigenvalue weighted by atomic mass is 10.1. The fraction of sp³-hybridized carbons (Fsp3) is 0.385. The number of aryl methyl sites for hydroxylation is 1. The monoisotopic (exact) mass is 263 g/mol. The molecule has 1 saturated heterocycles. The fourth-order valence-corrected chi connectivity index (χ4v) is 2.23. The van der Waals surface area contributed by atoms with E-state index in [1.54, 1.807) is 6.07 Å². The van der Waals surface area contributed by atoms with Gasteiger partial charge in [0.1, 0.15) is 5.82 Å². The van der Waals surface area contributed by atoms with E-state index in [1.807, 2.05) is 6.92 Å². The van der Waals surface area contributed by atoms with Crippen LogP contribution in [-0.2, 0) is 0 Å². The molecule has 2 N–H and O–H groups in total. The number of β-amino-alcohol motifs (C(OH)–C–C–N with tert-alkyl or cyclic N) is 1. The number of rotatable bonds is 2. The molecule has 0 bridgehead atoms. The molecule has 2 atom stereocenters. The second kappa shape index (κ2) is 4.71. The van der Waals surface area contributed by atoms with Gasteiger partial charge in [0, 0.05) is 12.1 Å². The second-order valence-corrected chi connectivity index (χ2v) is 4.77. The number of hydrogen-bond donors (Lipinski definition) is 2. The first-order valence-electron chi connectivity index (χ1n) is 6.15. The Labute approximate surface area is 109 Å². The van der Waals surface area contributed by atoms with E-state index in [0.717, 1.165) is 5.56 Å². The highest BCUT2D eigenvalue weighted by Gasteiger charge is 2.28. The van der Waals surface area contributed by atoms with Crippen LogP contribution in [0.15, 0.2) is 22.7 Å². The zero-order chi connectivity index (χ0) is 13.4. The number of hydrogen-bond acceptors (Lipinski definition) is 5. The van der Waals surface area contributed by atoms with Crippen molar-refractivity contribution in [2.75, 3.05) is 6.54 Å². The van der Waals surface area contributed by atoms with Gasteiger partial charge in [0.05, 0.1) is 12.1 Å². The molecule has 19 heavy (non-hydrogen) atoms. The lowest BCUT2D eigenvalue weighted by molar-refractivity contribution is 0.191. The number of aliphatic hydroxyl groups excluding tert-OH is 1. The number of aliphatic hydroxyl groups is 1. The van der Waals surface area contributed by atoms with Gasteiger partial charge in [-0.2, -0.15) is 4.98 Å². The van der Waals surface area contributed by atoms with Crippen molar-refractivity contribution >= 4 is 0 Å². The van der Waals surface area contributed by atoms with Crippen molar-refractivity contribution in [3.63, 3.8) is 0 Å². The molecule has 2 heterocycles. The van der Waals surface area contributed by atoms with Crippen LogP contribution in [0.5, 0.6) is 0 Å². The minimum atomic E-state index is -0.392. The largest absolute Gasteiger partial charge is 0.392 e. The lowest BCUT2D eigenvalue weighted by Gasteiger charge is -2.02. The molecular weight excluding hydrogens is 249 g/mol. The van der Waals surface area contributed by atoms with Crippen molar-refractivity contribution < 1.29 is 14.0 Å². The zero-order valence-corrected chi connectivity index (χ0v) is 10.4. The van der Waals surface area contributed by atoms with Gasteiger partial charge in [-0.25, -0.2) is 4.39 Å². The van der Waals surface area contributed by atoms with Crippen molar-refractivity contribution in [1.29, 1.82) is 0 Å². The Balaban J connectivity index is 1.90. The summed E-state index contributed by atoms with van der Waals surface area (Å²) in [4.78, 5) is 4.28. The van der Waals surface area contributed by atoms with E-state index in [0.29, 0.717) is 30.2 Å². The van der Waals surface area contributed by atoms with Crippen LogP contribution >= 0.6 is 0 Å². The molecule has 6 heteroatoms. The number of aromatic nitrogens is 2. The topological polar surface area (TPSA) is 71.2 Å². The highest BCUT2D eigenvalue weighted by molar-refractivity contribution is 5.59. The molecule has 0 aliphatic carbocycles. The van der Waals surface area contributed by atoms with Crippen LogP contribution in [-0.4, -0.2) is 27.9 Å². The SMILES string of the molecule is Cc1ccc(F)cc1-c1noc([C@H]2C[C@H](O)CN2)n1. The van der Waals surface area contributed by atoms with E-state index in [1.165, 1.54) is 12.1 Å². The maximum atomic E-state index is 13.3. The third-order valence-corrected chi connectivity index (χ3v) is 3.29. The molecule has 5 nitrogen and oxygen atoms in total. The fourth-order valence-electron chi connectivity index (χ4n) is 2.23. The molecule has 1 aromatic carbocycles. The molecular formula is C13H14FN3O2. The average Bonchev–Trinajstić information content (AvgIpc) is 3.00. The molecule has 0 spiro atoms. The van der Waals surface area contributed by atoms with E-state index >= 15 is 0 Å². The average molecular weight is 263 g/mol. The van der Waals surface area contributed by atoms with Gasteiger partial charge < -0.3 is 14.9 Å². The van der Waals surface area contributed by atoms with Crippen molar-refractivity contribution in [1.82, 2.24) is 15.5 Å². The molecule has 1 aliphatic heterocycles. The first-order chi connectivity index (χ1) is 9.13. The van der Waals surface area contributed by atoms with Crippen LogP contribution < -0.4 is 5.32 Å². The van der Waals surface area contributed by atoms with Crippen LogP contribution in [0.2, 0.25) is 0 Å². The van der Waals surface area contributed by atoms with Crippen LogP contribution in [0.1, 0.15) is 23.9 Å². The van der Waals surface area contributed by atoms with Crippen molar-refractivity contribution in [3.8, 4) is 11.4 Å². The minimum Gasteiger partial charge on any atom is -0.392 e. The summed E-state index contributed by atoms with van der Waals surface area (Å²) < 4.78 is 18.4. The van der Waals surface area contributed by atoms with Crippen LogP contribution in [0.3, 0.4) is 0 Å². The maximum Gasteiger partial charge on any atom is 0.244 e. The van der Waals surface area contributed by atoms with Crippen LogP contribution in [0.4, 0.5) is 4.39 Å². The van der Waals surface area contributed by atoms with E-state index in [2.05, 4.69) is 15.5 Å². The molecule has 1 fully saturated rings. The summed E-state index contributed by atoms with van der Waals surface area (Å²) in [6.45, 7) is 2.38. The summed E-state index contributed by atoms with van der Waals surface area (Å²) in [5, 5.41) is 16.4. The summed E-state index contributed by atoms with van der Waals surface area (Å²) in [7, 11) is 0. The summed E-state index contributed by atoms with van der Waals surface area (Å²) in [5.41, 5.74) is 1.50.